The van der Waals surface area contributed by atoms with E-state index in [0.29, 0.717) is 23.7 Å². The molecule has 192 valence electrons. The van der Waals surface area contributed by atoms with Crippen molar-refractivity contribution < 1.29 is 27.4 Å². The van der Waals surface area contributed by atoms with E-state index in [9.17, 15) is 18.0 Å². The molecule has 0 aliphatic heterocycles. The number of halogens is 3. The first kappa shape index (κ1) is 26.8. The third kappa shape index (κ3) is 6.24. The number of imidazole rings is 1. The summed E-state index contributed by atoms with van der Waals surface area (Å²) in [4.78, 5) is 21.5. The zero-order chi connectivity index (χ0) is 26.5. The molecule has 0 unspecified atom stereocenters. The van der Waals surface area contributed by atoms with Gasteiger partial charge in [0.15, 0.2) is 5.78 Å². The molecule has 0 saturated heterocycles. The van der Waals surface area contributed by atoms with Gasteiger partial charge in [-0.2, -0.15) is 13.2 Å². The van der Waals surface area contributed by atoms with E-state index >= 15 is 0 Å². The van der Waals surface area contributed by atoms with Crippen molar-refractivity contribution in [1.82, 2.24) is 9.55 Å². The number of aromatic nitrogens is 2. The van der Waals surface area contributed by atoms with E-state index in [1.54, 1.807) is 29.2 Å². The van der Waals surface area contributed by atoms with Crippen molar-refractivity contribution in [2.45, 2.75) is 32.9 Å². The highest BCUT2D eigenvalue weighted by Gasteiger charge is 2.30. The highest BCUT2D eigenvalue weighted by molar-refractivity contribution is 6.10. The molecule has 0 bridgehead atoms. The highest BCUT2D eigenvalue weighted by Crippen LogP contribution is 2.35. The Kier molecular flexibility index (Phi) is 8.39. The Morgan fingerprint density at radius 1 is 1.17 bits per heavy atom. The van der Waals surface area contributed by atoms with Gasteiger partial charge >= 0.3 is 6.18 Å². The first-order valence-corrected chi connectivity index (χ1v) is 11.3. The second kappa shape index (κ2) is 11.3. The number of nitrogens with zero attached hydrogens (tertiary/aromatic N) is 3. The van der Waals surface area contributed by atoms with Gasteiger partial charge in [0.1, 0.15) is 23.4 Å². The lowest BCUT2D eigenvalue weighted by atomic mass is 10.0. The number of alkyl halides is 3. The third-order valence-electron chi connectivity index (χ3n) is 5.44. The summed E-state index contributed by atoms with van der Waals surface area (Å²) >= 11 is 0. The number of hydrogen-bond acceptors (Lipinski definition) is 6. The Labute approximate surface area is 207 Å². The van der Waals surface area contributed by atoms with Gasteiger partial charge in [-0.1, -0.05) is 19.9 Å². The zero-order valence-electron chi connectivity index (χ0n) is 20.6. The van der Waals surface area contributed by atoms with Crippen molar-refractivity contribution in [3.05, 3.63) is 54.0 Å². The Balaban J connectivity index is 1.99. The van der Waals surface area contributed by atoms with Gasteiger partial charge in [-0.25, -0.2) is 4.98 Å². The molecule has 0 spiro atoms. The van der Waals surface area contributed by atoms with Crippen LogP contribution in [0.4, 0.5) is 13.2 Å². The van der Waals surface area contributed by atoms with Crippen LogP contribution in [-0.2, 0) is 0 Å². The summed E-state index contributed by atoms with van der Waals surface area (Å²) in [5, 5.41) is 0. The number of ether oxygens (including phenoxy) is 2. The van der Waals surface area contributed by atoms with E-state index < -0.39 is 24.8 Å². The predicted octanol–water partition coefficient (Wildman–Crippen LogP) is 5.59. The highest BCUT2D eigenvalue weighted by atomic mass is 19.4. The Bertz CT molecular complexity index is 1270. The lowest BCUT2D eigenvalue weighted by Crippen LogP contribution is -2.13. The molecule has 2 N–H and O–H groups in total. The van der Waals surface area contributed by atoms with Crippen LogP contribution in [0.2, 0.25) is 0 Å². The van der Waals surface area contributed by atoms with Crippen LogP contribution in [0, 0.1) is 5.92 Å². The number of rotatable bonds is 10. The maximum atomic E-state index is 12.6. The number of benzene rings is 2. The molecule has 36 heavy (non-hydrogen) atoms. The second-order valence-electron chi connectivity index (χ2n) is 8.59. The van der Waals surface area contributed by atoms with Crippen molar-refractivity contribution in [3.8, 4) is 17.2 Å². The van der Waals surface area contributed by atoms with Crippen LogP contribution in [0.5, 0.6) is 11.5 Å². The molecule has 2 aromatic carbocycles. The smallest absolute Gasteiger partial charge is 0.389 e. The Morgan fingerprint density at radius 3 is 2.39 bits per heavy atom. The number of carbonyl (C=O) groups is 1. The molecule has 7 nitrogen and oxygen atoms in total. The van der Waals surface area contributed by atoms with Crippen LogP contribution in [0.25, 0.3) is 22.3 Å². The minimum absolute atomic E-state index is 0.0295. The molecular formula is C26H29F3N4O3. The third-order valence-corrected chi connectivity index (χ3v) is 5.44. The van der Waals surface area contributed by atoms with Gasteiger partial charge in [0.05, 0.1) is 37.4 Å². The first-order chi connectivity index (χ1) is 17.1. The summed E-state index contributed by atoms with van der Waals surface area (Å²) in [7, 11) is 2.69. The minimum atomic E-state index is -4.44. The summed E-state index contributed by atoms with van der Waals surface area (Å²) in [6, 6.07) is 8.79. The van der Waals surface area contributed by atoms with E-state index in [4.69, 9.17) is 15.2 Å². The van der Waals surface area contributed by atoms with Crippen molar-refractivity contribution in [2.24, 2.45) is 16.6 Å². The summed E-state index contributed by atoms with van der Waals surface area (Å²) in [6.07, 6.45) is -1.54. The molecule has 0 saturated carbocycles. The minimum Gasteiger partial charge on any atom is -0.496 e. The number of ketones is 1. The monoisotopic (exact) mass is 502 g/mol. The van der Waals surface area contributed by atoms with Gasteiger partial charge < -0.3 is 15.2 Å². The molecule has 0 aliphatic carbocycles. The molecule has 1 aromatic heterocycles. The molecule has 0 aliphatic rings. The van der Waals surface area contributed by atoms with Gasteiger partial charge in [0.2, 0.25) is 0 Å². The quantitative estimate of drug-likeness (QED) is 0.288. The van der Waals surface area contributed by atoms with Crippen LogP contribution in [0.1, 0.15) is 42.6 Å². The first-order valence-electron chi connectivity index (χ1n) is 11.3. The number of allylic oxidation sites excluding steroid dienone is 1. The molecule has 0 amide bonds. The summed E-state index contributed by atoms with van der Waals surface area (Å²) in [5.74, 6) is -0.0545. The van der Waals surface area contributed by atoms with E-state index in [-0.39, 0.29) is 17.1 Å². The zero-order valence-corrected chi connectivity index (χ0v) is 20.6. The molecule has 0 atom stereocenters. The maximum absolute atomic E-state index is 12.6. The molecule has 3 aromatic rings. The number of Topliss-reactive ketones (excluding diaryl/α,β-unsaturated/α-hetero) is 1. The average molecular weight is 503 g/mol. The SMILES string of the molecule is COc1cc(-n2cnc3cc(C(C=NCC(C)C)=CN)ccc32)cc(OC)c1C(=O)CCC(F)(F)F. The lowest BCUT2D eigenvalue weighted by Gasteiger charge is -2.16. The number of fused-ring (bicyclic) bond motifs is 1. The fourth-order valence-corrected chi connectivity index (χ4v) is 3.67. The molecule has 0 radical (unpaired) electrons. The molecule has 10 heteroatoms. The summed E-state index contributed by atoms with van der Waals surface area (Å²) in [5.41, 5.74) is 9.41. The topological polar surface area (TPSA) is 91.7 Å². The van der Waals surface area contributed by atoms with E-state index in [2.05, 4.69) is 23.8 Å². The van der Waals surface area contributed by atoms with E-state index in [0.717, 1.165) is 16.7 Å². The molecule has 1 heterocycles. The standard InChI is InChI=1S/C26H29F3N4O3/c1-16(2)13-31-14-18(12-30)17-5-6-21-20(9-17)32-15-33(21)19-10-23(35-3)25(24(11-19)36-4)22(34)7-8-26(27,28)29/h5-6,9-12,14-16H,7-8,13,30H2,1-4H3. The Morgan fingerprint density at radius 2 is 1.83 bits per heavy atom. The van der Waals surface area contributed by atoms with Crippen molar-refractivity contribution in [3.63, 3.8) is 0 Å². The van der Waals surface area contributed by atoms with E-state index in [1.165, 1.54) is 20.4 Å². The number of carbonyl (C=O) groups excluding carboxylic acids is 1. The van der Waals surface area contributed by atoms with Gasteiger partial charge in [0.25, 0.3) is 0 Å². The van der Waals surface area contributed by atoms with Crippen LogP contribution < -0.4 is 15.2 Å². The van der Waals surface area contributed by atoms with Crippen LogP contribution in [-0.4, -0.2) is 48.5 Å². The Hall–Kier alpha value is -3.82. The predicted molar refractivity (Wildman–Crippen MR) is 134 cm³/mol. The number of methoxy groups -OCH3 is 2. The summed E-state index contributed by atoms with van der Waals surface area (Å²) in [6.45, 7) is 4.85. The summed E-state index contributed by atoms with van der Waals surface area (Å²) < 4.78 is 50.4. The van der Waals surface area contributed by atoms with E-state index in [1.807, 2.05) is 18.2 Å². The van der Waals surface area contributed by atoms with Crippen LogP contribution in [0.15, 0.2) is 47.9 Å². The van der Waals surface area contributed by atoms with Crippen molar-refractivity contribution >= 4 is 28.6 Å². The largest absolute Gasteiger partial charge is 0.496 e. The normalized spacial score (nSPS) is 12.6. The fraction of sp³-hybridized carbons (Fsp3) is 0.346. The van der Waals surface area contributed by atoms with Crippen LogP contribution >= 0.6 is 0 Å². The van der Waals surface area contributed by atoms with Gasteiger partial charge in [0, 0.05) is 43.1 Å². The fourth-order valence-electron chi connectivity index (χ4n) is 3.67. The molecule has 3 rings (SSSR count). The number of hydrogen-bond donors (Lipinski definition) is 1. The van der Waals surface area contributed by atoms with Crippen molar-refractivity contribution in [2.75, 3.05) is 20.8 Å². The van der Waals surface area contributed by atoms with Gasteiger partial charge in [-0.05, 0) is 23.6 Å². The molecule has 0 fully saturated rings. The van der Waals surface area contributed by atoms with Gasteiger partial charge in [-0.3, -0.25) is 14.4 Å². The van der Waals surface area contributed by atoms with Crippen LogP contribution in [0.3, 0.4) is 0 Å². The maximum Gasteiger partial charge on any atom is 0.389 e. The lowest BCUT2D eigenvalue weighted by molar-refractivity contribution is -0.133. The number of nitrogens with two attached hydrogens (primary N) is 1. The van der Waals surface area contributed by atoms with Gasteiger partial charge in [-0.15, -0.1) is 0 Å². The van der Waals surface area contributed by atoms with Crippen molar-refractivity contribution in [1.29, 1.82) is 0 Å². The number of aliphatic imine (C=N–C) groups is 1. The average Bonchev–Trinajstić information content (AvgIpc) is 3.27. The second-order valence-corrected chi connectivity index (χ2v) is 8.59. The molecular weight excluding hydrogens is 473 g/mol.